The number of para-hydroxylation sites is 1. The highest BCUT2D eigenvalue weighted by Crippen LogP contribution is 2.51. The topological polar surface area (TPSA) is 90.3 Å². The Kier molecular flexibility index (Phi) is 3.36. The average Bonchev–Trinajstić information content (AvgIpc) is 3.44. The third kappa shape index (κ3) is 2.14. The van der Waals surface area contributed by atoms with Crippen LogP contribution < -0.4 is 20.1 Å². The zero-order valence-electron chi connectivity index (χ0n) is 16.3. The number of fused-ring (bicyclic) bond motifs is 5. The van der Waals surface area contributed by atoms with E-state index in [2.05, 4.69) is 4.99 Å². The van der Waals surface area contributed by atoms with Gasteiger partial charge in [0, 0.05) is 11.3 Å². The smallest absolute Gasteiger partial charge is 0.244 e. The second-order valence-electron chi connectivity index (χ2n) is 7.78. The van der Waals surface area contributed by atoms with Gasteiger partial charge in [-0.05, 0) is 48.4 Å². The molecule has 30 heavy (non-hydrogen) atoms. The van der Waals surface area contributed by atoms with Gasteiger partial charge in [0.25, 0.3) is 0 Å². The fraction of sp³-hybridized carbons (Fsp3) is 0.217. The SMILES string of the molecule is Cc1ccc(CN2C(=O)C3(CN=C(N)c4cc5c(cc43)OCO5)c3ccccc32)o1. The summed E-state index contributed by atoms with van der Waals surface area (Å²) in [6, 6.07) is 15.4. The highest BCUT2D eigenvalue weighted by Gasteiger charge is 2.55. The number of rotatable bonds is 2. The number of nitrogens with two attached hydrogens (primary N) is 1. The van der Waals surface area contributed by atoms with Crippen molar-refractivity contribution < 1.29 is 18.7 Å². The van der Waals surface area contributed by atoms with Gasteiger partial charge < -0.3 is 24.5 Å². The van der Waals surface area contributed by atoms with Gasteiger partial charge in [0.2, 0.25) is 12.7 Å². The number of hydrogen-bond acceptors (Lipinski definition) is 6. The number of carbonyl (C=O) groups excluding carboxylic acids is 1. The molecular formula is C23H19N3O4. The van der Waals surface area contributed by atoms with Crippen LogP contribution in [0.15, 0.2) is 57.9 Å². The molecule has 3 aliphatic rings. The minimum atomic E-state index is -0.961. The molecule has 0 radical (unpaired) electrons. The van der Waals surface area contributed by atoms with Crippen LogP contribution in [0, 0.1) is 6.92 Å². The summed E-state index contributed by atoms with van der Waals surface area (Å²) in [5, 5.41) is 0. The summed E-state index contributed by atoms with van der Waals surface area (Å²) in [4.78, 5) is 20.4. The predicted molar refractivity (Wildman–Crippen MR) is 110 cm³/mol. The van der Waals surface area contributed by atoms with E-state index in [9.17, 15) is 4.79 Å². The first kappa shape index (κ1) is 17.1. The maximum atomic E-state index is 14.0. The minimum Gasteiger partial charge on any atom is -0.464 e. The van der Waals surface area contributed by atoms with Crippen molar-refractivity contribution in [2.24, 2.45) is 10.7 Å². The Bertz CT molecular complexity index is 1240. The van der Waals surface area contributed by atoms with Crippen molar-refractivity contribution in [3.63, 3.8) is 0 Å². The van der Waals surface area contributed by atoms with Crippen LogP contribution in [0.25, 0.3) is 0 Å². The van der Waals surface area contributed by atoms with Crippen molar-refractivity contribution >= 4 is 17.4 Å². The van der Waals surface area contributed by atoms with Gasteiger partial charge >= 0.3 is 0 Å². The number of amides is 1. The van der Waals surface area contributed by atoms with Crippen LogP contribution in [-0.2, 0) is 16.8 Å². The lowest BCUT2D eigenvalue weighted by Gasteiger charge is -2.33. The summed E-state index contributed by atoms with van der Waals surface area (Å²) in [5.41, 5.74) is 8.55. The molecule has 1 aromatic heterocycles. The maximum absolute atomic E-state index is 14.0. The largest absolute Gasteiger partial charge is 0.464 e. The fourth-order valence-electron chi connectivity index (χ4n) is 4.70. The average molecular weight is 401 g/mol. The molecule has 1 amide bonds. The molecular weight excluding hydrogens is 382 g/mol. The first-order valence-electron chi connectivity index (χ1n) is 9.79. The third-order valence-corrected chi connectivity index (χ3v) is 6.11. The summed E-state index contributed by atoms with van der Waals surface area (Å²) < 4.78 is 16.9. The molecule has 6 rings (SSSR count). The molecule has 7 heteroatoms. The van der Waals surface area contributed by atoms with Crippen molar-refractivity contribution in [1.82, 2.24) is 0 Å². The lowest BCUT2D eigenvalue weighted by molar-refractivity contribution is -0.121. The number of hydrogen-bond donors (Lipinski definition) is 1. The standard InChI is InChI=1S/C23H19N3O4/c1-13-6-7-14(30-13)10-26-18-5-3-2-4-16(18)23(22(26)27)11-25-21(24)15-8-19-20(9-17(15)23)29-12-28-19/h2-9H,10-12H2,1H3,(H2,24,25). The molecule has 0 aliphatic carbocycles. The number of benzene rings is 2. The van der Waals surface area contributed by atoms with E-state index in [4.69, 9.17) is 19.6 Å². The Balaban J connectivity index is 1.56. The van der Waals surface area contributed by atoms with Gasteiger partial charge in [-0.3, -0.25) is 9.79 Å². The normalized spacial score (nSPS) is 21.0. The quantitative estimate of drug-likeness (QED) is 0.713. The van der Waals surface area contributed by atoms with Gasteiger partial charge in [-0.15, -0.1) is 0 Å². The molecule has 1 atom stereocenters. The highest BCUT2D eigenvalue weighted by atomic mass is 16.7. The number of nitrogens with zero attached hydrogens (tertiary/aromatic N) is 2. The van der Waals surface area contributed by atoms with E-state index in [0.717, 1.165) is 28.3 Å². The maximum Gasteiger partial charge on any atom is 0.244 e. The molecule has 0 saturated carbocycles. The van der Waals surface area contributed by atoms with Crippen LogP contribution in [0.5, 0.6) is 11.5 Å². The molecule has 0 fully saturated rings. The van der Waals surface area contributed by atoms with E-state index in [0.29, 0.717) is 29.4 Å². The van der Waals surface area contributed by atoms with E-state index in [1.54, 1.807) is 4.90 Å². The minimum absolute atomic E-state index is 0.0471. The van der Waals surface area contributed by atoms with Crippen molar-refractivity contribution in [2.45, 2.75) is 18.9 Å². The van der Waals surface area contributed by atoms with E-state index in [1.807, 2.05) is 55.5 Å². The Labute approximate surface area is 172 Å². The van der Waals surface area contributed by atoms with Gasteiger partial charge in [0.1, 0.15) is 22.8 Å². The van der Waals surface area contributed by atoms with Crippen LogP contribution in [0.1, 0.15) is 28.2 Å². The Morgan fingerprint density at radius 1 is 1.10 bits per heavy atom. The van der Waals surface area contributed by atoms with Crippen molar-refractivity contribution in [2.75, 3.05) is 18.2 Å². The Morgan fingerprint density at radius 2 is 1.90 bits per heavy atom. The van der Waals surface area contributed by atoms with E-state index < -0.39 is 5.41 Å². The fourth-order valence-corrected chi connectivity index (χ4v) is 4.70. The van der Waals surface area contributed by atoms with Gasteiger partial charge in [-0.25, -0.2) is 0 Å². The Hall–Kier alpha value is -3.74. The number of anilines is 1. The molecule has 7 nitrogen and oxygen atoms in total. The summed E-state index contributed by atoms with van der Waals surface area (Å²) in [6.07, 6.45) is 0. The molecule has 4 heterocycles. The zero-order valence-corrected chi connectivity index (χ0v) is 16.3. The summed E-state index contributed by atoms with van der Waals surface area (Å²) in [7, 11) is 0. The van der Waals surface area contributed by atoms with Crippen LogP contribution in [0.3, 0.4) is 0 Å². The summed E-state index contributed by atoms with van der Waals surface area (Å²) >= 11 is 0. The lowest BCUT2D eigenvalue weighted by Crippen LogP contribution is -2.47. The molecule has 0 bridgehead atoms. The van der Waals surface area contributed by atoms with Crippen LogP contribution in [0.4, 0.5) is 5.69 Å². The van der Waals surface area contributed by atoms with E-state index in [-0.39, 0.29) is 19.2 Å². The molecule has 1 unspecified atom stereocenters. The van der Waals surface area contributed by atoms with Gasteiger partial charge in [0.05, 0.1) is 13.1 Å². The number of amidine groups is 1. The van der Waals surface area contributed by atoms with Crippen LogP contribution in [-0.4, -0.2) is 25.1 Å². The van der Waals surface area contributed by atoms with Crippen molar-refractivity contribution in [1.29, 1.82) is 0 Å². The number of carbonyl (C=O) groups is 1. The number of furan rings is 1. The number of aliphatic imine (C=N–C) groups is 1. The van der Waals surface area contributed by atoms with Crippen molar-refractivity contribution in [3.05, 3.63) is 76.7 Å². The third-order valence-electron chi connectivity index (χ3n) is 6.11. The molecule has 1 spiro atoms. The second kappa shape index (κ2) is 5.89. The highest BCUT2D eigenvalue weighted by molar-refractivity contribution is 6.14. The first-order chi connectivity index (χ1) is 14.6. The van der Waals surface area contributed by atoms with Crippen LogP contribution >= 0.6 is 0 Å². The molecule has 0 saturated heterocycles. The number of ether oxygens (including phenoxy) is 2. The van der Waals surface area contributed by atoms with Crippen LogP contribution in [0.2, 0.25) is 0 Å². The molecule has 3 aliphatic heterocycles. The van der Waals surface area contributed by atoms with E-state index in [1.165, 1.54) is 0 Å². The first-order valence-corrected chi connectivity index (χ1v) is 9.79. The molecule has 150 valence electrons. The zero-order chi connectivity index (χ0) is 20.5. The second-order valence-corrected chi connectivity index (χ2v) is 7.78. The van der Waals surface area contributed by atoms with E-state index >= 15 is 0 Å². The Morgan fingerprint density at radius 3 is 2.70 bits per heavy atom. The lowest BCUT2D eigenvalue weighted by atomic mass is 9.71. The summed E-state index contributed by atoms with van der Waals surface area (Å²) in [5.74, 6) is 3.14. The monoisotopic (exact) mass is 401 g/mol. The predicted octanol–water partition coefficient (Wildman–Crippen LogP) is 2.87. The van der Waals surface area contributed by atoms with Gasteiger partial charge in [0.15, 0.2) is 11.5 Å². The molecule has 3 aromatic rings. The molecule has 2 N–H and O–H groups in total. The van der Waals surface area contributed by atoms with Gasteiger partial charge in [-0.2, -0.15) is 0 Å². The summed E-state index contributed by atoms with van der Waals surface area (Å²) in [6.45, 7) is 2.64. The van der Waals surface area contributed by atoms with Crippen molar-refractivity contribution in [3.8, 4) is 11.5 Å². The van der Waals surface area contributed by atoms with Gasteiger partial charge in [-0.1, -0.05) is 18.2 Å². The number of aryl methyl sites for hydroxylation is 1. The molecule has 2 aromatic carbocycles.